The molecule has 0 saturated carbocycles. The predicted molar refractivity (Wildman–Crippen MR) is 111 cm³/mol. The van der Waals surface area contributed by atoms with Gasteiger partial charge in [0.05, 0.1) is 10.7 Å². The molecule has 11 heteroatoms. The third-order valence-electron chi connectivity index (χ3n) is 3.86. The monoisotopic (exact) mass is 448 g/mol. The minimum absolute atomic E-state index is 0.0205. The topological polar surface area (TPSA) is 94.3 Å². The average molecular weight is 449 g/mol. The predicted octanol–water partition coefficient (Wildman–Crippen LogP) is 4.34. The molecule has 29 heavy (non-hydrogen) atoms. The number of aryl methyl sites for hydroxylation is 2. The molecule has 0 radical (unpaired) electrons. The van der Waals surface area contributed by atoms with Crippen LogP contribution in [0, 0.1) is 13.8 Å². The first-order valence-corrected chi connectivity index (χ1v) is 10.1. The van der Waals surface area contributed by atoms with E-state index in [9.17, 15) is 4.79 Å². The third-order valence-corrected chi connectivity index (χ3v) is 5.20. The number of rotatable bonds is 5. The van der Waals surface area contributed by atoms with Gasteiger partial charge in [-0.25, -0.2) is 14.5 Å². The SMILES string of the molecule is Cc1cc(C)n2nc(C(=O)Nc3nc(COc4ccc(Cl)cc4Cl)cs3)nc2n1. The van der Waals surface area contributed by atoms with Crippen molar-refractivity contribution in [3.8, 4) is 5.75 Å². The van der Waals surface area contributed by atoms with E-state index < -0.39 is 5.91 Å². The van der Waals surface area contributed by atoms with Crippen LogP contribution in [-0.2, 0) is 6.61 Å². The van der Waals surface area contributed by atoms with Crippen molar-refractivity contribution in [3.63, 3.8) is 0 Å². The molecular weight excluding hydrogens is 435 g/mol. The molecule has 3 heterocycles. The number of aromatic nitrogens is 5. The fraction of sp³-hybridized carbons (Fsp3) is 0.167. The van der Waals surface area contributed by atoms with Crippen LogP contribution in [0.1, 0.15) is 27.7 Å². The maximum Gasteiger partial charge on any atom is 0.297 e. The summed E-state index contributed by atoms with van der Waals surface area (Å²) in [6, 6.07) is 6.84. The molecule has 4 rings (SSSR count). The maximum atomic E-state index is 12.5. The van der Waals surface area contributed by atoms with Crippen LogP contribution in [-0.4, -0.2) is 30.5 Å². The zero-order chi connectivity index (χ0) is 20.5. The highest BCUT2D eigenvalue weighted by atomic mass is 35.5. The molecule has 0 bridgehead atoms. The first kappa shape index (κ1) is 19.6. The van der Waals surface area contributed by atoms with Gasteiger partial charge in [0.25, 0.3) is 11.7 Å². The molecule has 1 amide bonds. The molecule has 1 N–H and O–H groups in total. The highest BCUT2D eigenvalue weighted by molar-refractivity contribution is 7.13. The van der Waals surface area contributed by atoms with Crippen molar-refractivity contribution in [1.82, 2.24) is 24.6 Å². The Kier molecular flexibility index (Phi) is 5.35. The molecule has 0 spiro atoms. The summed E-state index contributed by atoms with van der Waals surface area (Å²) in [5, 5.41) is 10.0. The van der Waals surface area contributed by atoms with E-state index in [1.165, 1.54) is 15.9 Å². The van der Waals surface area contributed by atoms with E-state index in [1.54, 1.807) is 23.6 Å². The van der Waals surface area contributed by atoms with E-state index in [2.05, 4.69) is 25.4 Å². The van der Waals surface area contributed by atoms with Crippen LogP contribution < -0.4 is 10.1 Å². The minimum atomic E-state index is -0.463. The Morgan fingerprint density at radius 2 is 2.03 bits per heavy atom. The number of carbonyl (C=O) groups excluding carboxylic acids is 1. The van der Waals surface area contributed by atoms with Crippen molar-refractivity contribution in [2.75, 3.05) is 5.32 Å². The van der Waals surface area contributed by atoms with Crippen LogP contribution in [0.5, 0.6) is 5.75 Å². The Hall–Kier alpha value is -2.75. The molecule has 4 aromatic rings. The Balaban J connectivity index is 1.43. The molecular formula is C18H14Cl2N6O2S. The van der Waals surface area contributed by atoms with Gasteiger partial charge in [0.15, 0.2) is 5.13 Å². The number of hydrogen-bond acceptors (Lipinski definition) is 7. The van der Waals surface area contributed by atoms with Crippen molar-refractivity contribution < 1.29 is 9.53 Å². The number of halogens is 2. The number of anilines is 1. The number of fused-ring (bicyclic) bond motifs is 1. The van der Waals surface area contributed by atoms with Crippen LogP contribution in [0.3, 0.4) is 0 Å². The Morgan fingerprint density at radius 3 is 2.83 bits per heavy atom. The normalized spacial score (nSPS) is 11.0. The van der Waals surface area contributed by atoms with Crippen LogP contribution in [0.4, 0.5) is 5.13 Å². The molecule has 0 unspecified atom stereocenters. The zero-order valence-corrected chi connectivity index (χ0v) is 17.6. The third kappa shape index (κ3) is 4.31. The number of amides is 1. The van der Waals surface area contributed by atoms with Gasteiger partial charge in [-0.1, -0.05) is 23.2 Å². The van der Waals surface area contributed by atoms with E-state index >= 15 is 0 Å². The zero-order valence-electron chi connectivity index (χ0n) is 15.3. The number of nitrogens with zero attached hydrogens (tertiary/aromatic N) is 5. The molecule has 0 fully saturated rings. The molecule has 3 aromatic heterocycles. The lowest BCUT2D eigenvalue weighted by Crippen LogP contribution is -2.14. The van der Waals surface area contributed by atoms with Crippen molar-refractivity contribution in [3.05, 3.63) is 62.6 Å². The van der Waals surface area contributed by atoms with Crippen LogP contribution >= 0.6 is 34.5 Å². The highest BCUT2D eigenvalue weighted by Gasteiger charge is 2.17. The molecule has 0 aliphatic carbocycles. The fourth-order valence-electron chi connectivity index (χ4n) is 2.59. The lowest BCUT2D eigenvalue weighted by molar-refractivity contribution is 0.101. The first-order chi connectivity index (χ1) is 13.9. The molecule has 0 aliphatic rings. The van der Waals surface area contributed by atoms with Gasteiger partial charge in [0.1, 0.15) is 12.4 Å². The van der Waals surface area contributed by atoms with Crippen molar-refractivity contribution >= 4 is 51.4 Å². The summed E-state index contributed by atoms with van der Waals surface area (Å²) in [6.45, 7) is 3.93. The van der Waals surface area contributed by atoms with Crippen molar-refractivity contribution in [2.24, 2.45) is 0 Å². The van der Waals surface area contributed by atoms with Crippen molar-refractivity contribution in [1.29, 1.82) is 0 Å². The summed E-state index contributed by atoms with van der Waals surface area (Å²) >= 11 is 13.2. The number of nitrogens with one attached hydrogen (secondary N) is 1. The quantitative estimate of drug-likeness (QED) is 0.487. The highest BCUT2D eigenvalue weighted by Crippen LogP contribution is 2.28. The van der Waals surface area contributed by atoms with Gasteiger partial charge in [0.2, 0.25) is 5.82 Å². The van der Waals surface area contributed by atoms with Crippen LogP contribution in [0.25, 0.3) is 5.78 Å². The minimum Gasteiger partial charge on any atom is -0.486 e. The second kappa shape index (κ2) is 7.94. The summed E-state index contributed by atoms with van der Waals surface area (Å²) in [4.78, 5) is 25.3. The standard InChI is InChI=1S/C18H14Cl2N6O2S/c1-9-5-10(2)26-17(21-9)23-15(25-26)16(27)24-18-22-12(8-29-18)7-28-14-4-3-11(19)6-13(14)20/h3-6,8H,7H2,1-2H3,(H,22,24,27). The molecule has 8 nitrogen and oxygen atoms in total. The summed E-state index contributed by atoms with van der Waals surface area (Å²) in [5.41, 5.74) is 2.29. The van der Waals surface area contributed by atoms with E-state index in [0.717, 1.165) is 11.4 Å². The number of carbonyl (C=O) groups is 1. The maximum absolute atomic E-state index is 12.5. The number of thiazole rings is 1. The lowest BCUT2D eigenvalue weighted by Gasteiger charge is -2.06. The lowest BCUT2D eigenvalue weighted by atomic mass is 10.3. The molecule has 0 saturated heterocycles. The smallest absolute Gasteiger partial charge is 0.297 e. The fourth-order valence-corrected chi connectivity index (χ4v) is 3.74. The van der Waals surface area contributed by atoms with E-state index in [4.69, 9.17) is 27.9 Å². The van der Waals surface area contributed by atoms with Gasteiger partial charge in [-0.05, 0) is 38.1 Å². The summed E-state index contributed by atoms with van der Waals surface area (Å²) in [6.07, 6.45) is 0. The summed E-state index contributed by atoms with van der Waals surface area (Å²) < 4.78 is 7.18. The van der Waals surface area contributed by atoms with Crippen LogP contribution in [0.15, 0.2) is 29.6 Å². The Morgan fingerprint density at radius 1 is 1.21 bits per heavy atom. The van der Waals surface area contributed by atoms with Gasteiger partial charge >= 0.3 is 0 Å². The second-order valence-electron chi connectivity index (χ2n) is 6.15. The summed E-state index contributed by atoms with van der Waals surface area (Å²) in [5.74, 6) is 0.435. The molecule has 1 aromatic carbocycles. The second-order valence-corrected chi connectivity index (χ2v) is 7.85. The van der Waals surface area contributed by atoms with Crippen molar-refractivity contribution in [2.45, 2.75) is 20.5 Å². The molecule has 148 valence electrons. The van der Waals surface area contributed by atoms with Crippen LogP contribution in [0.2, 0.25) is 10.0 Å². The average Bonchev–Trinajstić information content (AvgIpc) is 3.28. The van der Waals surface area contributed by atoms with E-state index in [1.807, 2.05) is 19.9 Å². The molecule has 0 atom stereocenters. The van der Waals surface area contributed by atoms with Gasteiger partial charge in [-0.2, -0.15) is 4.98 Å². The van der Waals surface area contributed by atoms with E-state index in [-0.39, 0.29) is 12.4 Å². The van der Waals surface area contributed by atoms with Gasteiger partial charge in [-0.15, -0.1) is 16.4 Å². The number of hydrogen-bond donors (Lipinski definition) is 1. The van der Waals surface area contributed by atoms with E-state index in [0.29, 0.717) is 32.4 Å². The number of ether oxygens (including phenoxy) is 1. The number of benzene rings is 1. The largest absolute Gasteiger partial charge is 0.486 e. The van der Waals surface area contributed by atoms with Gasteiger partial charge < -0.3 is 4.74 Å². The molecule has 0 aliphatic heterocycles. The Labute approximate surface area is 179 Å². The Bertz CT molecular complexity index is 1220. The first-order valence-electron chi connectivity index (χ1n) is 8.43. The summed E-state index contributed by atoms with van der Waals surface area (Å²) in [7, 11) is 0. The van der Waals surface area contributed by atoms with Gasteiger partial charge in [-0.3, -0.25) is 10.1 Å². The van der Waals surface area contributed by atoms with Gasteiger partial charge in [0, 0.05) is 21.8 Å².